The molecular formula is C40H100N13P4+. The fraction of sp³-hybridized carbons (Fsp3) is 1.00. The van der Waals surface area contributed by atoms with Gasteiger partial charge in [-0.3, -0.25) is 0 Å². The summed E-state index contributed by atoms with van der Waals surface area (Å²) in [5.41, 5.74) is 0. The molecule has 17 heteroatoms. The minimum atomic E-state index is -3.21. The topological polar surface area (TPSA) is 69.5 Å². The lowest BCUT2D eigenvalue weighted by molar-refractivity contribution is 0.337. The summed E-state index contributed by atoms with van der Waals surface area (Å²) in [4.78, 5) is 0. The van der Waals surface area contributed by atoms with Crippen LogP contribution >= 0.6 is 30.4 Å². The molecule has 0 fully saturated rings. The summed E-state index contributed by atoms with van der Waals surface area (Å²) in [5, 5.41) is 0. The smallest absolute Gasteiger partial charge is 0.243 e. The lowest BCUT2D eigenvalue weighted by atomic mass is 10.7. The highest BCUT2D eigenvalue weighted by Crippen LogP contribution is 2.85. The minimum absolute atomic E-state index is 0.832. The van der Waals surface area contributed by atoms with Gasteiger partial charge >= 0.3 is 7.87 Å². The number of nitrogens with zero attached hydrogens (tertiary/aromatic N) is 13. The molecule has 0 saturated carbocycles. The van der Waals surface area contributed by atoms with Crippen molar-refractivity contribution in [1.82, 2.24) is 46.7 Å². The Morgan fingerprint density at radius 1 is 0.228 bits per heavy atom. The van der Waals surface area contributed by atoms with Crippen molar-refractivity contribution < 1.29 is 0 Å². The van der Waals surface area contributed by atoms with E-state index < -0.39 is 30.4 Å². The molecule has 0 spiro atoms. The number of hydrogen-bond donors (Lipinski definition) is 0. The Bertz CT molecular complexity index is 948. The molecule has 57 heavy (non-hydrogen) atoms. The van der Waals surface area contributed by atoms with E-state index in [0.29, 0.717) is 0 Å². The molecule has 0 aromatic carbocycles. The van der Waals surface area contributed by atoms with Crippen LogP contribution in [0.25, 0.3) is 0 Å². The van der Waals surface area contributed by atoms with Crippen molar-refractivity contribution in [2.24, 2.45) is 13.5 Å². The third-order valence-electron chi connectivity index (χ3n) is 11.8. The Hall–Kier alpha value is 0.720. The summed E-state index contributed by atoms with van der Waals surface area (Å²) in [6, 6.07) is 0. The summed E-state index contributed by atoms with van der Waals surface area (Å²) in [6.07, 6.45) is 0. The van der Waals surface area contributed by atoms with Gasteiger partial charge in [0.25, 0.3) is 0 Å². The zero-order valence-electron chi connectivity index (χ0n) is 41.7. The predicted molar refractivity (Wildman–Crippen MR) is 264 cm³/mol. The van der Waals surface area contributed by atoms with Crippen LogP contribution in [0.1, 0.15) is 138 Å². The fourth-order valence-corrected chi connectivity index (χ4v) is 30.4. The van der Waals surface area contributed by atoms with Crippen molar-refractivity contribution in [3.05, 3.63) is 0 Å². The first-order valence-electron chi connectivity index (χ1n) is 23.7. The molecule has 0 aliphatic rings. The van der Waals surface area contributed by atoms with E-state index in [4.69, 9.17) is 13.5 Å². The lowest BCUT2D eigenvalue weighted by Gasteiger charge is -2.50. The normalized spacial score (nSPS) is 13.8. The zero-order valence-corrected chi connectivity index (χ0v) is 45.3. The van der Waals surface area contributed by atoms with E-state index >= 15 is 0 Å². The maximum Gasteiger partial charge on any atom is 0.453 e. The maximum atomic E-state index is 6.87. The first kappa shape index (κ1) is 57.7. The second kappa shape index (κ2) is 29.2. The van der Waals surface area contributed by atoms with Gasteiger partial charge in [-0.1, -0.05) is 125 Å². The summed E-state index contributed by atoms with van der Waals surface area (Å²) < 4.78 is 48.0. The molecule has 0 amide bonds. The van der Waals surface area contributed by atoms with Gasteiger partial charge < -0.3 is 0 Å². The number of rotatable bonds is 33. The third kappa shape index (κ3) is 12.0. The largest absolute Gasteiger partial charge is 0.453 e. The highest BCUT2D eigenvalue weighted by molar-refractivity contribution is 7.84. The van der Waals surface area contributed by atoms with E-state index in [9.17, 15) is 0 Å². The molecule has 0 aromatic rings. The molecule has 13 nitrogen and oxygen atoms in total. The SMILES string of the molecule is CCN(CC)P(=N[P+](N=P(N(CC)CC)(N(CC)CC)N(CC)CC)(N=P(N(CC)CC)(N(CC)CC)N(CC)CC)N(CC)CC)(N(CC)CC)N(CC)CC. The van der Waals surface area contributed by atoms with Gasteiger partial charge in [-0.25, -0.2) is 42.0 Å². The summed E-state index contributed by atoms with van der Waals surface area (Å²) in [6.45, 7) is 65.3. The fourth-order valence-electron chi connectivity index (χ4n) is 8.86. The second-order valence-corrected chi connectivity index (χ2v) is 25.9. The van der Waals surface area contributed by atoms with E-state index in [1.54, 1.807) is 0 Å². The van der Waals surface area contributed by atoms with Gasteiger partial charge in [0.05, 0.1) is 0 Å². The average molecular weight is 887 g/mol. The van der Waals surface area contributed by atoms with Crippen molar-refractivity contribution in [3.8, 4) is 0 Å². The summed E-state index contributed by atoms with van der Waals surface area (Å²) in [5.74, 6) is 0. The Labute approximate surface area is 358 Å². The van der Waals surface area contributed by atoms with Gasteiger partial charge in [0.2, 0.25) is 22.5 Å². The van der Waals surface area contributed by atoms with Crippen LogP contribution in [0.2, 0.25) is 0 Å². The van der Waals surface area contributed by atoms with E-state index in [1.807, 2.05) is 0 Å². The Kier molecular flexibility index (Phi) is 29.5. The van der Waals surface area contributed by atoms with E-state index in [2.05, 4.69) is 185 Å². The van der Waals surface area contributed by atoms with Gasteiger partial charge in [0.15, 0.2) is 0 Å². The van der Waals surface area contributed by atoms with Crippen molar-refractivity contribution in [2.45, 2.75) is 138 Å². The van der Waals surface area contributed by atoms with E-state index in [-0.39, 0.29) is 0 Å². The molecule has 0 radical (unpaired) electrons. The molecule has 0 aromatic heterocycles. The Morgan fingerprint density at radius 2 is 0.351 bits per heavy atom. The molecule has 0 aliphatic carbocycles. The number of hydrogen-bond acceptors (Lipinski definition) is 4. The molecule has 0 rings (SSSR count). The monoisotopic (exact) mass is 887 g/mol. The summed E-state index contributed by atoms with van der Waals surface area (Å²) in [7, 11) is -11.1. The van der Waals surface area contributed by atoms with Crippen LogP contribution in [0.15, 0.2) is 13.5 Å². The van der Waals surface area contributed by atoms with Gasteiger partial charge in [0, 0.05) is 131 Å². The predicted octanol–water partition coefficient (Wildman–Crippen LogP) is 11.9. The van der Waals surface area contributed by atoms with Gasteiger partial charge in [0.1, 0.15) is 0 Å². The van der Waals surface area contributed by atoms with Crippen LogP contribution in [-0.2, 0) is 0 Å². The molecule has 344 valence electrons. The van der Waals surface area contributed by atoms with Crippen LogP contribution in [0, 0.1) is 0 Å². The van der Waals surface area contributed by atoms with Crippen molar-refractivity contribution >= 4 is 30.4 Å². The van der Waals surface area contributed by atoms with E-state index in [1.165, 1.54) is 0 Å². The molecule has 0 saturated heterocycles. The maximum absolute atomic E-state index is 6.87. The van der Waals surface area contributed by atoms with Crippen molar-refractivity contribution in [2.75, 3.05) is 131 Å². The first-order valence-corrected chi connectivity index (χ1v) is 30.1. The van der Waals surface area contributed by atoms with Crippen LogP contribution in [0.4, 0.5) is 0 Å². The highest BCUT2D eigenvalue weighted by atomic mass is 31.3. The van der Waals surface area contributed by atoms with Gasteiger partial charge in [-0.05, 0) is 27.4 Å². The van der Waals surface area contributed by atoms with Crippen LogP contribution < -0.4 is 0 Å². The zero-order chi connectivity index (χ0) is 44.0. The van der Waals surface area contributed by atoms with Crippen molar-refractivity contribution in [3.63, 3.8) is 0 Å². The van der Waals surface area contributed by atoms with Crippen LogP contribution in [-0.4, -0.2) is 178 Å². The molecule has 0 aliphatic heterocycles. The standard InChI is InChI=1S/C40H100N13P4/c1-21-44(22-2)54(41-55(45(23-3)24-4,46(25-5)26-6)47(27-7)28-8,42-56(48(29-9)30-10,49(31-11)32-12)50(33-13)34-14)43-57(51(35-15)36-16,52(37-17)38-18)53(39-19)40-20/h21-40H2,1-20H3/q+1. The molecular weight excluding hydrogens is 786 g/mol. The van der Waals surface area contributed by atoms with Crippen LogP contribution in [0.3, 0.4) is 0 Å². The molecule has 0 bridgehead atoms. The molecule has 0 unspecified atom stereocenters. The molecule has 0 heterocycles. The lowest BCUT2D eigenvalue weighted by Crippen LogP contribution is -2.43. The average Bonchev–Trinajstić information content (AvgIpc) is 3.22. The van der Waals surface area contributed by atoms with Gasteiger partial charge in [-0.2, -0.15) is 0 Å². The quantitative estimate of drug-likeness (QED) is 0.0595. The molecule has 0 N–H and O–H groups in total. The highest BCUT2D eigenvalue weighted by Gasteiger charge is 2.59. The minimum Gasteiger partial charge on any atom is -0.243 e. The van der Waals surface area contributed by atoms with Crippen LogP contribution in [0.5, 0.6) is 0 Å². The van der Waals surface area contributed by atoms with Gasteiger partial charge in [-0.15, -0.1) is 4.67 Å². The van der Waals surface area contributed by atoms with Crippen molar-refractivity contribution in [1.29, 1.82) is 0 Å². The Balaban J connectivity index is 11.1. The Morgan fingerprint density at radius 3 is 0.439 bits per heavy atom. The third-order valence-corrected chi connectivity index (χ3v) is 30.8. The molecule has 0 atom stereocenters. The first-order chi connectivity index (χ1) is 27.3. The second-order valence-electron chi connectivity index (χ2n) is 13.8. The summed E-state index contributed by atoms with van der Waals surface area (Å²) >= 11 is 0. The van der Waals surface area contributed by atoms with E-state index in [0.717, 1.165) is 131 Å².